The fourth-order valence-electron chi connectivity index (χ4n) is 3.10. The molecule has 0 bridgehead atoms. The maximum absolute atomic E-state index is 12.3. The van der Waals surface area contributed by atoms with Gasteiger partial charge in [0.25, 0.3) is 0 Å². The molecule has 6 heteroatoms. The molecule has 2 heterocycles. The Labute approximate surface area is 126 Å². The molecule has 2 aromatic rings. The number of carbonyl (C=O) groups excluding carboxylic acids is 1. The van der Waals surface area contributed by atoms with Gasteiger partial charge in [-0.2, -0.15) is 5.26 Å². The lowest BCUT2D eigenvalue weighted by Crippen LogP contribution is -2.39. The number of H-pyrrole nitrogens is 1. The van der Waals surface area contributed by atoms with Crippen molar-refractivity contribution >= 4 is 22.7 Å². The highest BCUT2D eigenvalue weighted by molar-refractivity contribution is 6.12. The number of carbonyl (C=O) groups is 2. The van der Waals surface area contributed by atoms with Crippen LogP contribution >= 0.6 is 0 Å². The molecule has 2 N–H and O–H groups in total. The van der Waals surface area contributed by atoms with Gasteiger partial charge < -0.3 is 14.8 Å². The van der Waals surface area contributed by atoms with Crippen molar-refractivity contribution < 1.29 is 19.4 Å². The first kappa shape index (κ1) is 14.3. The number of carboxylic acids is 1. The standard InChI is InChI=1S/C16H14N2O4/c1-2-16(6-12(20)21)15-14(11(19)8-22-16)13-9(7-17)4-3-5-10(13)18-15/h3-5,18H,2,6,8H2,1H3,(H,20,21). The SMILES string of the molecule is CCC1(CC(=O)O)OCC(=O)c2c1[nH]c1cccc(C#N)c21. The average molecular weight is 298 g/mol. The number of nitrogens with one attached hydrogen (secondary N) is 1. The molecular weight excluding hydrogens is 284 g/mol. The maximum Gasteiger partial charge on any atom is 0.306 e. The third-order valence-corrected chi connectivity index (χ3v) is 4.17. The molecule has 1 aromatic heterocycles. The second kappa shape index (κ2) is 4.97. The number of Topliss-reactive ketones (excluding diaryl/α,β-unsaturated/α-hetero) is 1. The van der Waals surface area contributed by atoms with Crippen molar-refractivity contribution in [2.45, 2.75) is 25.4 Å². The number of rotatable bonds is 3. The van der Waals surface area contributed by atoms with E-state index < -0.39 is 11.6 Å². The van der Waals surface area contributed by atoms with Gasteiger partial charge in [0.1, 0.15) is 12.2 Å². The van der Waals surface area contributed by atoms with Crippen LogP contribution in [0.4, 0.5) is 0 Å². The van der Waals surface area contributed by atoms with Crippen LogP contribution in [0.3, 0.4) is 0 Å². The van der Waals surface area contributed by atoms with Crippen molar-refractivity contribution in [2.75, 3.05) is 6.61 Å². The first-order chi connectivity index (χ1) is 10.5. The molecule has 1 aliphatic rings. The molecule has 1 atom stereocenters. The third-order valence-electron chi connectivity index (χ3n) is 4.17. The summed E-state index contributed by atoms with van der Waals surface area (Å²) in [5.74, 6) is -1.24. The van der Waals surface area contributed by atoms with Crippen LogP contribution in [0.5, 0.6) is 0 Å². The molecule has 6 nitrogen and oxygen atoms in total. The van der Waals surface area contributed by atoms with E-state index in [1.54, 1.807) is 18.2 Å². The summed E-state index contributed by atoms with van der Waals surface area (Å²) < 4.78 is 5.62. The molecule has 0 radical (unpaired) electrons. The van der Waals surface area contributed by atoms with Crippen molar-refractivity contribution in [3.05, 3.63) is 35.0 Å². The number of nitriles is 1. The molecule has 0 aliphatic carbocycles. The lowest BCUT2D eigenvalue weighted by molar-refractivity contribution is -0.147. The smallest absolute Gasteiger partial charge is 0.306 e. The van der Waals surface area contributed by atoms with Gasteiger partial charge >= 0.3 is 5.97 Å². The van der Waals surface area contributed by atoms with E-state index in [-0.39, 0.29) is 18.8 Å². The predicted octanol–water partition coefficient (Wildman–Crippen LogP) is 2.33. The number of fused-ring (bicyclic) bond motifs is 3. The van der Waals surface area contributed by atoms with Gasteiger partial charge in [0.15, 0.2) is 5.78 Å². The number of benzene rings is 1. The lowest BCUT2D eigenvalue weighted by Gasteiger charge is -2.34. The Morgan fingerprint density at radius 3 is 2.95 bits per heavy atom. The summed E-state index contributed by atoms with van der Waals surface area (Å²) in [4.78, 5) is 26.7. The highest BCUT2D eigenvalue weighted by Crippen LogP contribution is 2.42. The summed E-state index contributed by atoms with van der Waals surface area (Å²) >= 11 is 0. The lowest BCUT2D eigenvalue weighted by atomic mass is 9.85. The minimum absolute atomic E-state index is 0.180. The normalized spacial score (nSPS) is 20.6. The summed E-state index contributed by atoms with van der Waals surface area (Å²) in [7, 11) is 0. The summed E-state index contributed by atoms with van der Waals surface area (Å²) in [5, 5.41) is 19.0. The number of aliphatic carboxylic acids is 1. The van der Waals surface area contributed by atoms with E-state index in [2.05, 4.69) is 11.1 Å². The molecule has 3 rings (SSSR count). The van der Waals surface area contributed by atoms with Gasteiger partial charge in [-0.05, 0) is 18.6 Å². The number of aromatic nitrogens is 1. The van der Waals surface area contributed by atoms with E-state index in [9.17, 15) is 20.0 Å². The number of aromatic amines is 1. The zero-order valence-electron chi connectivity index (χ0n) is 12.0. The van der Waals surface area contributed by atoms with Crippen molar-refractivity contribution in [3.63, 3.8) is 0 Å². The van der Waals surface area contributed by atoms with Crippen molar-refractivity contribution in [2.24, 2.45) is 0 Å². The highest BCUT2D eigenvalue weighted by atomic mass is 16.5. The van der Waals surface area contributed by atoms with Gasteiger partial charge in [0.05, 0.1) is 29.3 Å². The maximum atomic E-state index is 12.3. The number of carboxylic acid groups (broad SMARTS) is 1. The predicted molar refractivity (Wildman–Crippen MR) is 77.5 cm³/mol. The fraction of sp³-hybridized carbons (Fsp3) is 0.312. The van der Waals surface area contributed by atoms with Crippen molar-refractivity contribution in [1.82, 2.24) is 4.98 Å². The van der Waals surface area contributed by atoms with E-state index in [0.29, 0.717) is 34.1 Å². The van der Waals surface area contributed by atoms with Crippen LogP contribution in [0.15, 0.2) is 18.2 Å². The Bertz CT molecular complexity index is 831. The molecule has 1 aliphatic heterocycles. The second-order valence-electron chi connectivity index (χ2n) is 5.35. The van der Waals surface area contributed by atoms with E-state index in [1.165, 1.54) is 0 Å². The van der Waals surface area contributed by atoms with Gasteiger partial charge in [0.2, 0.25) is 0 Å². The Kier molecular flexibility index (Phi) is 3.23. The molecule has 0 saturated carbocycles. The van der Waals surface area contributed by atoms with Crippen LogP contribution in [0, 0.1) is 11.3 Å². The minimum atomic E-state index is -1.07. The van der Waals surface area contributed by atoms with Crippen LogP contribution < -0.4 is 0 Å². The van der Waals surface area contributed by atoms with Crippen LogP contribution in [-0.4, -0.2) is 28.4 Å². The number of hydrogen-bond donors (Lipinski definition) is 2. The quantitative estimate of drug-likeness (QED) is 0.905. The Hall–Kier alpha value is -2.65. The molecule has 0 saturated heterocycles. The summed E-state index contributed by atoms with van der Waals surface area (Å²) in [5.41, 5.74) is 0.824. The number of ether oxygens (including phenoxy) is 1. The van der Waals surface area contributed by atoms with Gasteiger partial charge in [0, 0.05) is 10.9 Å². The van der Waals surface area contributed by atoms with Crippen LogP contribution in [0.2, 0.25) is 0 Å². The van der Waals surface area contributed by atoms with Crippen LogP contribution in [0.25, 0.3) is 10.9 Å². The molecule has 0 spiro atoms. The Morgan fingerprint density at radius 1 is 1.55 bits per heavy atom. The third kappa shape index (κ3) is 1.90. The summed E-state index contributed by atoms with van der Waals surface area (Å²) in [6.07, 6.45) is 0.173. The molecule has 112 valence electrons. The van der Waals surface area contributed by atoms with Gasteiger partial charge in [-0.3, -0.25) is 9.59 Å². The van der Waals surface area contributed by atoms with Crippen molar-refractivity contribution in [3.8, 4) is 6.07 Å². The summed E-state index contributed by atoms with van der Waals surface area (Å²) in [6.45, 7) is 1.64. The largest absolute Gasteiger partial charge is 0.481 e. The topological polar surface area (TPSA) is 103 Å². The number of nitrogens with zero attached hydrogens (tertiary/aromatic N) is 1. The number of ketones is 1. The molecule has 1 aromatic carbocycles. The van der Waals surface area contributed by atoms with Gasteiger partial charge in [-0.25, -0.2) is 0 Å². The van der Waals surface area contributed by atoms with Crippen LogP contribution in [-0.2, 0) is 15.1 Å². The molecule has 0 amide bonds. The van der Waals surface area contributed by atoms with E-state index in [1.807, 2.05) is 6.92 Å². The van der Waals surface area contributed by atoms with E-state index >= 15 is 0 Å². The first-order valence-corrected chi connectivity index (χ1v) is 6.96. The zero-order chi connectivity index (χ0) is 15.9. The minimum Gasteiger partial charge on any atom is -0.481 e. The second-order valence-corrected chi connectivity index (χ2v) is 5.35. The van der Waals surface area contributed by atoms with E-state index in [4.69, 9.17) is 4.74 Å². The monoisotopic (exact) mass is 298 g/mol. The van der Waals surface area contributed by atoms with E-state index in [0.717, 1.165) is 0 Å². The molecule has 1 unspecified atom stereocenters. The van der Waals surface area contributed by atoms with Gasteiger partial charge in [-0.1, -0.05) is 13.0 Å². The fourth-order valence-corrected chi connectivity index (χ4v) is 3.10. The highest BCUT2D eigenvalue weighted by Gasteiger charge is 2.44. The first-order valence-electron chi connectivity index (χ1n) is 6.96. The Balaban J connectivity index is 2.35. The van der Waals surface area contributed by atoms with Crippen LogP contribution in [0.1, 0.15) is 41.4 Å². The van der Waals surface area contributed by atoms with Gasteiger partial charge in [-0.15, -0.1) is 0 Å². The molecule has 22 heavy (non-hydrogen) atoms. The summed E-state index contributed by atoms with van der Waals surface area (Å²) in [6, 6.07) is 7.21. The molecule has 0 fully saturated rings. The zero-order valence-corrected chi connectivity index (χ0v) is 12.0. The Morgan fingerprint density at radius 2 is 2.32 bits per heavy atom. The van der Waals surface area contributed by atoms with Crippen molar-refractivity contribution in [1.29, 1.82) is 5.26 Å². The average Bonchev–Trinajstić information content (AvgIpc) is 2.90. The number of hydrogen-bond acceptors (Lipinski definition) is 4. The molecular formula is C16H14N2O4.